The van der Waals surface area contributed by atoms with Crippen LogP contribution >= 0.6 is 0 Å². The number of phenols is 1. The van der Waals surface area contributed by atoms with Crippen LogP contribution in [0.15, 0.2) is 53.7 Å². The highest BCUT2D eigenvalue weighted by Crippen LogP contribution is 2.37. The Balaban J connectivity index is 2.07. The van der Waals surface area contributed by atoms with E-state index in [1.54, 1.807) is 12.4 Å². The molecule has 3 aromatic rings. The summed E-state index contributed by atoms with van der Waals surface area (Å²) in [7, 11) is 0. The van der Waals surface area contributed by atoms with E-state index in [9.17, 15) is 5.11 Å². The number of aliphatic imine (C=N–C) groups is 1. The molecule has 0 atom stereocenters. The van der Waals surface area contributed by atoms with Crippen molar-refractivity contribution in [3.63, 3.8) is 0 Å². The van der Waals surface area contributed by atoms with Crippen LogP contribution in [0.1, 0.15) is 58.2 Å². The maximum absolute atomic E-state index is 10.9. The third-order valence-electron chi connectivity index (χ3n) is 4.74. The van der Waals surface area contributed by atoms with Crippen molar-refractivity contribution < 1.29 is 5.11 Å². The van der Waals surface area contributed by atoms with Gasteiger partial charge in [-0.1, -0.05) is 65.8 Å². The van der Waals surface area contributed by atoms with Crippen molar-refractivity contribution in [2.24, 2.45) is 4.99 Å². The van der Waals surface area contributed by atoms with Gasteiger partial charge in [0.1, 0.15) is 5.75 Å². The SMILES string of the molecule is CC(C)(C)c1cc(C=Nc2cnc3ccccc3c2)c(O)c(C(C)(C)C)c1. The molecule has 0 saturated carbocycles. The standard InChI is InChI=1S/C24H28N2O/c1-23(2,3)18-11-17(22(27)20(13-18)24(4,5)6)14-25-19-12-16-9-7-8-10-21(16)26-15-19/h7-15,27H,1-6H3. The van der Waals surface area contributed by atoms with Crippen molar-refractivity contribution in [1.29, 1.82) is 0 Å². The summed E-state index contributed by atoms with van der Waals surface area (Å²) < 4.78 is 0. The highest BCUT2D eigenvalue weighted by molar-refractivity contribution is 5.88. The molecule has 0 aliphatic heterocycles. The van der Waals surface area contributed by atoms with Crippen LogP contribution in [0, 0.1) is 0 Å². The molecule has 1 N–H and O–H groups in total. The molecule has 0 unspecified atom stereocenters. The van der Waals surface area contributed by atoms with Gasteiger partial charge in [0.05, 0.1) is 17.4 Å². The first-order valence-corrected chi connectivity index (χ1v) is 9.32. The molecule has 0 bridgehead atoms. The number of para-hydroxylation sites is 1. The van der Waals surface area contributed by atoms with Gasteiger partial charge >= 0.3 is 0 Å². The third kappa shape index (κ3) is 4.19. The van der Waals surface area contributed by atoms with Gasteiger partial charge in [-0.25, -0.2) is 0 Å². The third-order valence-corrected chi connectivity index (χ3v) is 4.74. The van der Waals surface area contributed by atoms with Crippen LogP contribution in [0.3, 0.4) is 0 Å². The molecule has 1 heterocycles. The fourth-order valence-electron chi connectivity index (χ4n) is 3.03. The molecular formula is C24H28N2O. The summed E-state index contributed by atoms with van der Waals surface area (Å²) in [5, 5.41) is 11.9. The molecule has 0 spiro atoms. The van der Waals surface area contributed by atoms with E-state index < -0.39 is 0 Å². The Morgan fingerprint density at radius 2 is 1.63 bits per heavy atom. The minimum Gasteiger partial charge on any atom is -0.507 e. The molecule has 27 heavy (non-hydrogen) atoms. The van der Waals surface area contributed by atoms with Crippen LogP contribution in [0.25, 0.3) is 10.9 Å². The van der Waals surface area contributed by atoms with Gasteiger partial charge in [-0.05, 0) is 34.6 Å². The van der Waals surface area contributed by atoms with Gasteiger partial charge in [-0.3, -0.25) is 9.98 Å². The molecule has 0 fully saturated rings. The zero-order valence-electron chi connectivity index (χ0n) is 17.0. The molecule has 0 radical (unpaired) electrons. The monoisotopic (exact) mass is 360 g/mol. The molecule has 2 aromatic carbocycles. The molecule has 0 aliphatic rings. The van der Waals surface area contributed by atoms with Crippen LogP contribution in [0.5, 0.6) is 5.75 Å². The van der Waals surface area contributed by atoms with E-state index in [0.717, 1.165) is 27.7 Å². The lowest BCUT2D eigenvalue weighted by Gasteiger charge is -2.26. The Labute approximate surface area is 161 Å². The van der Waals surface area contributed by atoms with Crippen LogP contribution in [0.2, 0.25) is 0 Å². The van der Waals surface area contributed by atoms with Crippen LogP contribution in [0.4, 0.5) is 5.69 Å². The van der Waals surface area contributed by atoms with E-state index in [4.69, 9.17) is 0 Å². The maximum atomic E-state index is 10.9. The van der Waals surface area contributed by atoms with E-state index in [2.05, 4.69) is 57.6 Å². The second-order valence-corrected chi connectivity index (χ2v) is 9.11. The zero-order chi connectivity index (χ0) is 19.8. The number of hydrogen-bond acceptors (Lipinski definition) is 3. The summed E-state index contributed by atoms with van der Waals surface area (Å²) in [5.74, 6) is 0.299. The molecule has 0 saturated heterocycles. The molecule has 3 rings (SSSR count). The Morgan fingerprint density at radius 1 is 0.926 bits per heavy atom. The topological polar surface area (TPSA) is 45.5 Å². The van der Waals surface area contributed by atoms with Crippen molar-refractivity contribution in [1.82, 2.24) is 4.98 Å². The molecule has 3 nitrogen and oxygen atoms in total. The number of benzene rings is 2. The van der Waals surface area contributed by atoms with E-state index in [0.29, 0.717) is 5.75 Å². The highest BCUT2D eigenvalue weighted by atomic mass is 16.3. The Morgan fingerprint density at radius 3 is 2.30 bits per heavy atom. The zero-order valence-corrected chi connectivity index (χ0v) is 17.0. The number of nitrogens with zero attached hydrogens (tertiary/aromatic N) is 2. The predicted octanol–water partition coefficient (Wildman–Crippen LogP) is 6.29. The van der Waals surface area contributed by atoms with E-state index in [1.807, 2.05) is 36.4 Å². The van der Waals surface area contributed by atoms with E-state index >= 15 is 0 Å². The fourth-order valence-corrected chi connectivity index (χ4v) is 3.03. The van der Waals surface area contributed by atoms with Crippen molar-refractivity contribution in [3.8, 4) is 5.75 Å². The molecule has 1 aromatic heterocycles. The van der Waals surface area contributed by atoms with Gasteiger partial charge in [0.25, 0.3) is 0 Å². The number of fused-ring (bicyclic) bond motifs is 1. The summed E-state index contributed by atoms with van der Waals surface area (Å²) >= 11 is 0. The van der Waals surface area contributed by atoms with Gasteiger partial charge in [0.15, 0.2) is 0 Å². The first kappa shape index (κ1) is 19.1. The average molecular weight is 361 g/mol. The van der Waals surface area contributed by atoms with Gasteiger partial charge in [0, 0.05) is 22.7 Å². The van der Waals surface area contributed by atoms with Crippen molar-refractivity contribution in [2.75, 3.05) is 0 Å². The number of aromatic nitrogens is 1. The number of aromatic hydroxyl groups is 1. The lowest BCUT2D eigenvalue weighted by molar-refractivity contribution is 0.444. The first-order chi connectivity index (χ1) is 12.6. The summed E-state index contributed by atoms with van der Waals surface area (Å²) in [6.07, 6.45) is 3.50. The lowest BCUT2D eigenvalue weighted by atomic mass is 9.79. The largest absolute Gasteiger partial charge is 0.507 e. The molecule has 140 valence electrons. The molecular weight excluding hydrogens is 332 g/mol. The lowest BCUT2D eigenvalue weighted by Crippen LogP contribution is -2.17. The van der Waals surface area contributed by atoms with Crippen molar-refractivity contribution in [3.05, 3.63) is 65.4 Å². The van der Waals surface area contributed by atoms with Gasteiger partial charge in [0.2, 0.25) is 0 Å². The molecule has 3 heteroatoms. The minimum atomic E-state index is -0.154. The maximum Gasteiger partial charge on any atom is 0.128 e. The van der Waals surface area contributed by atoms with E-state index in [-0.39, 0.29) is 10.8 Å². The Kier molecular flexibility index (Phi) is 4.81. The number of rotatable bonds is 2. The highest BCUT2D eigenvalue weighted by Gasteiger charge is 2.24. The van der Waals surface area contributed by atoms with Crippen LogP contribution < -0.4 is 0 Å². The predicted molar refractivity (Wildman–Crippen MR) is 115 cm³/mol. The number of phenolic OH excluding ortho intramolecular Hbond substituents is 1. The quantitative estimate of drug-likeness (QED) is 0.546. The second kappa shape index (κ2) is 6.80. The Hall–Kier alpha value is -2.68. The summed E-state index contributed by atoms with van der Waals surface area (Å²) in [5.41, 5.74) is 4.41. The van der Waals surface area contributed by atoms with Crippen molar-refractivity contribution in [2.45, 2.75) is 52.4 Å². The minimum absolute atomic E-state index is 0.0131. The smallest absolute Gasteiger partial charge is 0.128 e. The second-order valence-electron chi connectivity index (χ2n) is 9.11. The van der Waals surface area contributed by atoms with Gasteiger partial charge in [-0.2, -0.15) is 0 Å². The first-order valence-electron chi connectivity index (χ1n) is 9.32. The van der Waals surface area contributed by atoms with E-state index in [1.165, 1.54) is 5.56 Å². The summed E-state index contributed by atoms with van der Waals surface area (Å²) in [6.45, 7) is 12.9. The molecule has 0 aliphatic carbocycles. The van der Waals surface area contributed by atoms with Crippen LogP contribution in [-0.2, 0) is 10.8 Å². The summed E-state index contributed by atoms with van der Waals surface area (Å²) in [4.78, 5) is 9.04. The number of pyridine rings is 1. The molecule has 0 amide bonds. The van der Waals surface area contributed by atoms with Gasteiger partial charge in [-0.15, -0.1) is 0 Å². The Bertz CT molecular complexity index is 1010. The van der Waals surface area contributed by atoms with Crippen LogP contribution in [-0.4, -0.2) is 16.3 Å². The normalized spacial score (nSPS) is 12.8. The van der Waals surface area contributed by atoms with Gasteiger partial charge < -0.3 is 5.11 Å². The summed E-state index contributed by atoms with van der Waals surface area (Å²) in [6, 6.07) is 14.1. The fraction of sp³-hybridized carbons (Fsp3) is 0.333. The van der Waals surface area contributed by atoms with Crippen molar-refractivity contribution >= 4 is 22.8 Å². The number of hydrogen-bond donors (Lipinski definition) is 1. The average Bonchev–Trinajstić information content (AvgIpc) is 2.58.